The van der Waals surface area contributed by atoms with E-state index in [4.69, 9.17) is 0 Å². The first-order chi connectivity index (χ1) is 8.54. The summed E-state index contributed by atoms with van der Waals surface area (Å²) in [5, 5.41) is 11.6. The lowest BCUT2D eigenvalue weighted by molar-refractivity contribution is 0.351. The Morgan fingerprint density at radius 3 is 2.28 bits per heavy atom. The minimum atomic E-state index is -0.0405. The van der Waals surface area contributed by atoms with Crippen LogP contribution in [0, 0.1) is 20.8 Å². The number of hydrogen-bond donors (Lipinski definition) is 0. The van der Waals surface area contributed by atoms with Gasteiger partial charge in [-0.15, -0.1) is 0 Å². The van der Waals surface area contributed by atoms with Crippen molar-refractivity contribution in [1.82, 2.24) is 4.98 Å². The van der Waals surface area contributed by atoms with Crippen molar-refractivity contribution < 1.29 is 5.11 Å². The van der Waals surface area contributed by atoms with Gasteiger partial charge < -0.3 is 0 Å². The quantitative estimate of drug-likeness (QED) is 0.766. The van der Waals surface area contributed by atoms with E-state index in [0.717, 1.165) is 11.3 Å². The summed E-state index contributed by atoms with van der Waals surface area (Å²) in [5.41, 5.74) is 4.88. The van der Waals surface area contributed by atoms with Gasteiger partial charge in [0.15, 0.2) is 0 Å². The summed E-state index contributed by atoms with van der Waals surface area (Å²) in [4.78, 5) is 4.23. The molecular formula is C16H16NO. The number of hydrogen-bond acceptors (Lipinski definition) is 1. The zero-order valence-electron chi connectivity index (χ0n) is 10.9. The number of pyridine rings is 1. The molecule has 0 bridgehead atoms. The van der Waals surface area contributed by atoms with Crippen LogP contribution in [0.15, 0.2) is 30.3 Å². The van der Waals surface area contributed by atoms with E-state index >= 15 is 0 Å². The van der Waals surface area contributed by atoms with Gasteiger partial charge in [0.05, 0.1) is 0 Å². The highest BCUT2D eigenvalue weighted by molar-refractivity contribution is 5.71. The molecule has 0 aliphatic heterocycles. The smallest absolute Gasteiger partial charge is 0.204 e. The van der Waals surface area contributed by atoms with Gasteiger partial charge in [0.25, 0.3) is 0 Å². The average molecular weight is 238 g/mol. The Bertz CT molecular complexity index is 580. The summed E-state index contributed by atoms with van der Waals surface area (Å²) in [5.74, 6) is -0.0405. The van der Waals surface area contributed by atoms with E-state index in [-0.39, 0.29) is 5.75 Å². The zero-order valence-corrected chi connectivity index (χ0v) is 10.9. The van der Waals surface area contributed by atoms with E-state index in [2.05, 4.69) is 37.0 Å². The highest BCUT2D eigenvalue weighted by Gasteiger charge is 2.01. The van der Waals surface area contributed by atoms with Crippen LogP contribution >= 0.6 is 0 Å². The molecule has 0 saturated carbocycles. The van der Waals surface area contributed by atoms with Gasteiger partial charge in [0.2, 0.25) is 5.75 Å². The number of nitrogens with zero attached hydrogens (tertiary/aromatic N) is 1. The van der Waals surface area contributed by atoms with E-state index in [1.54, 1.807) is 18.2 Å². The van der Waals surface area contributed by atoms with E-state index in [1.165, 1.54) is 11.1 Å². The Morgan fingerprint density at radius 2 is 1.61 bits per heavy atom. The maximum atomic E-state index is 11.6. The van der Waals surface area contributed by atoms with Crippen LogP contribution < -0.4 is 0 Å². The molecule has 2 aromatic rings. The van der Waals surface area contributed by atoms with E-state index in [9.17, 15) is 5.11 Å². The number of benzene rings is 1. The van der Waals surface area contributed by atoms with Crippen LogP contribution in [0.4, 0.5) is 0 Å². The van der Waals surface area contributed by atoms with Gasteiger partial charge in [-0.1, -0.05) is 35.4 Å². The molecule has 0 unspecified atom stereocenters. The van der Waals surface area contributed by atoms with Gasteiger partial charge in [-0.3, -0.25) is 5.11 Å². The molecule has 2 rings (SSSR count). The molecule has 1 radical (unpaired) electrons. The fraction of sp³-hybridized carbons (Fsp3) is 0.188. The Morgan fingerprint density at radius 1 is 0.944 bits per heavy atom. The van der Waals surface area contributed by atoms with Crippen molar-refractivity contribution in [2.75, 3.05) is 0 Å². The maximum absolute atomic E-state index is 11.6. The van der Waals surface area contributed by atoms with Crippen LogP contribution in [0.25, 0.3) is 12.2 Å². The first kappa shape index (κ1) is 12.4. The van der Waals surface area contributed by atoms with Crippen molar-refractivity contribution >= 4 is 12.2 Å². The van der Waals surface area contributed by atoms with Crippen LogP contribution in [-0.2, 0) is 5.11 Å². The maximum Gasteiger partial charge on any atom is 0.204 e. The number of aryl methyl sites for hydroxylation is 3. The first-order valence-corrected chi connectivity index (χ1v) is 5.95. The molecule has 2 heteroatoms. The molecular weight excluding hydrogens is 222 g/mol. The van der Waals surface area contributed by atoms with Crippen molar-refractivity contribution in [3.8, 4) is 5.75 Å². The van der Waals surface area contributed by atoms with Crippen molar-refractivity contribution in [3.63, 3.8) is 0 Å². The Balaban J connectivity index is 2.32. The van der Waals surface area contributed by atoms with E-state index in [1.807, 2.05) is 13.0 Å². The summed E-state index contributed by atoms with van der Waals surface area (Å²) >= 11 is 0. The van der Waals surface area contributed by atoms with Crippen molar-refractivity contribution in [1.29, 1.82) is 0 Å². The molecule has 1 aromatic heterocycles. The predicted octanol–water partition coefficient (Wildman–Crippen LogP) is 4.32. The van der Waals surface area contributed by atoms with Crippen LogP contribution in [0.2, 0.25) is 0 Å². The largest absolute Gasteiger partial charge is 0.288 e. The fourth-order valence-corrected chi connectivity index (χ4v) is 1.96. The highest BCUT2D eigenvalue weighted by atomic mass is 16.3. The Labute approximate surface area is 108 Å². The van der Waals surface area contributed by atoms with Crippen molar-refractivity contribution in [2.45, 2.75) is 20.8 Å². The van der Waals surface area contributed by atoms with E-state index in [0.29, 0.717) is 5.69 Å². The average Bonchev–Trinajstić information content (AvgIpc) is 2.29. The molecule has 0 spiro atoms. The summed E-state index contributed by atoms with van der Waals surface area (Å²) < 4.78 is 0. The molecule has 0 N–H and O–H groups in total. The first-order valence-electron chi connectivity index (χ1n) is 5.95. The third kappa shape index (κ3) is 2.98. The Hall–Kier alpha value is -2.09. The lowest BCUT2D eigenvalue weighted by atomic mass is 10.1. The van der Waals surface area contributed by atoms with E-state index < -0.39 is 0 Å². The van der Waals surface area contributed by atoms with Crippen LogP contribution in [-0.4, -0.2) is 4.98 Å². The summed E-state index contributed by atoms with van der Waals surface area (Å²) in [6, 6.07) is 9.59. The predicted molar refractivity (Wildman–Crippen MR) is 74.0 cm³/mol. The van der Waals surface area contributed by atoms with Gasteiger partial charge in [0, 0.05) is 5.69 Å². The molecule has 0 aliphatic rings. The van der Waals surface area contributed by atoms with Crippen molar-refractivity contribution in [3.05, 3.63) is 58.4 Å². The number of rotatable bonds is 2. The summed E-state index contributed by atoms with van der Waals surface area (Å²) in [7, 11) is 0. The molecule has 1 heterocycles. The second kappa shape index (κ2) is 5.05. The number of aromatic nitrogens is 1. The third-order valence-corrected chi connectivity index (χ3v) is 2.70. The van der Waals surface area contributed by atoms with Gasteiger partial charge in [-0.2, -0.15) is 0 Å². The molecule has 0 aliphatic carbocycles. The molecule has 0 atom stereocenters. The molecule has 0 fully saturated rings. The molecule has 2 nitrogen and oxygen atoms in total. The van der Waals surface area contributed by atoms with Gasteiger partial charge in [-0.25, -0.2) is 4.98 Å². The molecule has 18 heavy (non-hydrogen) atoms. The second-order valence-electron chi connectivity index (χ2n) is 4.59. The summed E-state index contributed by atoms with van der Waals surface area (Å²) in [6.07, 6.45) is 3.72. The van der Waals surface area contributed by atoms with Crippen LogP contribution in [0.5, 0.6) is 5.75 Å². The molecule has 0 amide bonds. The Kier molecular flexibility index (Phi) is 3.47. The van der Waals surface area contributed by atoms with Gasteiger partial charge in [-0.05, 0) is 44.5 Å². The zero-order chi connectivity index (χ0) is 13.1. The topological polar surface area (TPSA) is 32.8 Å². The molecule has 91 valence electrons. The van der Waals surface area contributed by atoms with Gasteiger partial charge >= 0.3 is 0 Å². The lowest BCUT2D eigenvalue weighted by Gasteiger charge is -2.00. The fourth-order valence-electron chi connectivity index (χ4n) is 1.96. The lowest BCUT2D eigenvalue weighted by Crippen LogP contribution is -1.85. The molecule has 0 saturated heterocycles. The minimum absolute atomic E-state index is 0.0405. The van der Waals surface area contributed by atoms with Crippen molar-refractivity contribution in [2.24, 2.45) is 0 Å². The third-order valence-electron chi connectivity index (χ3n) is 2.70. The van der Waals surface area contributed by atoms with Gasteiger partial charge in [0.1, 0.15) is 5.69 Å². The van der Waals surface area contributed by atoms with Crippen LogP contribution in [0.1, 0.15) is 28.1 Å². The minimum Gasteiger partial charge on any atom is -0.288 e. The SMILES string of the molecule is Cc1cc(C)cc(C=Cc2nc(C)ccc2[O])c1. The standard InChI is InChI=1S/C16H16NO/c1-11-8-12(2)10-14(9-11)5-6-15-16(18)7-4-13(3)17-15/h4-10H,1-3H3. The molecule has 1 aromatic carbocycles. The summed E-state index contributed by atoms with van der Waals surface area (Å²) in [6.45, 7) is 6.01. The second-order valence-corrected chi connectivity index (χ2v) is 4.59. The normalized spacial score (nSPS) is 11.1. The monoisotopic (exact) mass is 238 g/mol. The highest BCUT2D eigenvalue weighted by Crippen LogP contribution is 2.19. The van der Waals surface area contributed by atoms with Crippen LogP contribution in [0.3, 0.4) is 0 Å².